The van der Waals surface area contributed by atoms with Crippen LogP contribution in [0.3, 0.4) is 0 Å². The lowest BCUT2D eigenvalue weighted by atomic mass is 9.88. The molecule has 0 aliphatic rings. The van der Waals surface area contributed by atoms with E-state index in [2.05, 4.69) is 26.7 Å². The fourth-order valence-corrected chi connectivity index (χ4v) is 1.31. The van der Waals surface area contributed by atoms with Gasteiger partial charge in [0.15, 0.2) is 5.60 Å². The molecular formula is C13H22O2. The second-order valence-electron chi connectivity index (χ2n) is 4.73. The van der Waals surface area contributed by atoms with Crippen LogP contribution in [0.25, 0.3) is 0 Å². The van der Waals surface area contributed by atoms with Crippen molar-refractivity contribution in [2.75, 3.05) is 0 Å². The van der Waals surface area contributed by atoms with Crippen LogP contribution in [0.4, 0.5) is 0 Å². The van der Waals surface area contributed by atoms with Crippen molar-refractivity contribution in [3.63, 3.8) is 0 Å². The van der Waals surface area contributed by atoms with E-state index in [0.29, 0.717) is 11.8 Å². The summed E-state index contributed by atoms with van der Waals surface area (Å²) < 4.78 is 5.14. The quantitative estimate of drug-likeness (QED) is 0.515. The Kier molecular flexibility index (Phi) is 5.43. The molecule has 0 aliphatic carbocycles. The average molecular weight is 210 g/mol. The van der Waals surface area contributed by atoms with E-state index in [-0.39, 0.29) is 5.97 Å². The highest BCUT2D eigenvalue weighted by molar-refractivity contribution is 5.67. The molecule has 0 fully saturated rings. The zero-order chi connectivity index (χ0) is 12.1. The molecule has 0 spiro atoms. The van der Waals surface area contributed by atoms with E-state index in [1.54, 1.807) is 6.92 Å². The van der Waals surface area contributed by atoms with Crippen molar-refractivity contribution in [1.29, 1.82) is 0 Å². The minimum Gasteiger partial charge on any atom is -0.446 e. The van der Waals surface area contributed by atoms with Crippen LogP contribution in [-0.2, 0) is 9.53 Å². The summed E-state index contributed by atoms with van der Waals surface area (Å²) in [4.78, 5) is 10.9. The molecule has 2 atom stereocenters. The fraction of sp³-hybridized carbons (Fsp3) is 0.769. The number of terminal acetylenes is 1. The Labute approximate surface area is 93.4 Å². The van der Waals surface area contributed by atoms with E-state index >= 15 is 0 Å². The van der Waals surface area contributed by atoms with Crippen LogP contribution in [0.15, 0.2) is 0 Å². The highest BCUT2D eigenvalue weighted by atomic mass is 16.6. The fourth-order valence-electron chi connectivity index (χ4n) is 1.31. The standard InChI is InChI=1S/C13H22O2/c1-7-13(6,15-12(5)14)9-8-11(4)10(2)3/h1,10-11H,8-9H2,2-6H3/t11-,13-/m0/s1. The molecule has 0 heterocycles. The molecule has 0 amide bonds. The maximum absolute atomic E-state index is 10.9. The first-order valence-electron chi connectivity index (χ1n) is 5.48. The molecule has 0 saturated carbocycles. The lowest BCUT2D eigenvalue weighted by molar-refractivity contribution is -0.150. The van der Waals surface area contributed by atoms with Gasteiger partial charge >= 0.3 is 5.97 Å². The Bertz CT molecular complexity index is 250. The van der Waals surface area contributed by atoms with Crippen molar-refractivity contribution >= 4 is 5.97 Å². The highest BCUT2D eigenvalue weighted by Gasteiger charge is 2.25. The molecule has 86 valence electrons. The van der Waals surface area contributed by atoms with Crippen molar-refractivity contribution in [3.8, 4) is 12.3 Å². The summed E-state index contributed by atoms with van der Waals surface area (Å²) in [5.41, 5.74) is -0.741. The van der Waals surface area contributed by atoms with Crippen molar-refractivity contribution in [2.24, 2.45) is 11.8 Å². The van der Waals surface area contributed by atoms with Crippen LogP contribution >= 0.6 is 0 Å². The third kappa shape index (κ3) is 5.47. The van der Waals surface area contributed by atoms with Crippen LogP contribution in [-0.4, -0.2) is 11.6 Å². The van der Waals surface area contributed by atoms with Gasteiger partial charge in [-0.05, 0) is 31.6 Å². The number of carbonyl (C=O) groups excluding carboxylic acids is 1. The minimum atomic E-state index is -0.741. The number of esters is 1. The molecule has 0 aromatic rings. The molecular weight excluding hydrogens is 188 g/mol. The van der Waals surface area contributed by atoms with Crippen molar-refractivity contribution in [3.05, 3.63) is 0 Å². The molecule has 0 aromatic heterocycles. The minimum absolute atomic E-state index is 0.312. The number of carbonyl (C=O) groups is 1. The van der Waals surface area contributed by atoms with Gasteiger partial charge in [-0.15, -0.1) is 6.42 Å². The second-order valence-corrected chi connectivity index (χ2v) is 4.73. The zero-order valence-electron chi connectivity index (χ0n) is 10.5. The molecule has 0 aliphatic heterocycles. The molecule has 0 saturated heterocycles. The van der Waals surface area contributed by atoms with E-state index in [0.717, 1.165) is 12.8 Å². The Morgan fingerprint density at radius 1 is 1.47 bits per heavy atom. The molecule has 0 bridgehead atoms. The van der Waals surface area contributed by atoms with Gasteiger partial charge in [0, 0.05) is 6.92 Å². The smallest absolute Gasteiger partial charge is 0.304 e. The first-order chi connectivity index (χ1) is 6.80. The van der Waals surface area contributed by atoms with Gasteiger partial charge < -0.3 is 4.74 Å². The van der Waals surface area contributed by atoms with Gasteiger partial charge in [-0.3, -0.25) is 4.79 Å². The summed E-state index contributed by atoms with van der Waals surface area (Å²) in [6.07, 6.45) is 7.09. The summed E-state index contributed by atoms with van der Waals surface area (Å²) in [5, 5.41) is 0. The summed E-state index contributed by atoms with van der Waals surface area (Å²) in [5.74, 6) is 3.47. The average Bonchev–Trinajstić information content (AvgIpc) is 2.13. The van der Waals surface area contributed by atoms with Crippen molar-refractivity contribution in [2.45, 2.75) is 53.1 Å². The monoisotopic (exact) mass is 210 g/mol. The van der Waals surface area contributed by atoms with E-state index < -0.39 is 5.60 Å². The molecule has 15 heavy (non-hydrogen) atoms. The summed E-state index contributed by atoms with van der Waals surface area (Å²) in [6, 6.07) is 0. The largest absolute Gasteiger partial charge is 0.446 e. The third-order valence-electron chi connectivity index (χ3n) is 2.89. The van der Waals surface area contributed by atoms with Crippen LogP contribution in [0.1, 0.15) is 47.5 Å². The second kappa shape index (κ2) is 5.80. The van der Waals surface area contributed by atoms with Crippen molar-refractivity contribution in [1.82, 2.24) is 0 Å². The maximum atomic E-state index is 10.9. The number of hydrogen-bond donors (Lipinski definition) is 0. The first-order valence-corrected chi connectivity index (χ1v) is 5.48. The predicted molar refractivity (Wildman–Crippen MR) is 62.2 cm³/mol. The molecule has 2 heteroatoms. The van der Waals surface area contributed by atoms with E-state index in [9.17, 15) is 4.79 Å². The van der Waals surface area contributed by atoms with Gasteiger partial charge in [-0.1, -0.05) is 26.7 Å². The number of ether oxygens (including phenoxy) is 1. The summed E-state index contributed by atoms with van der Waals surface area (Å²) in [7, 11) is 0. The van der Waals surface area contributed by atoms with Gasteiger partial charge in [0.05, 0.1) is 0 Å². The molecule has 0 N–H and O–H groups in total. The number of rotatable bonds is 5. The molecule has 0 rings (SSSR count). The normalized spacial score (nSPS) is 16.6. The van der Waals surface area contributed by atoms with Gasteiger partial charge in [0.25, 0.3) is 0 Å². The lowest BCUT2D eigenvalue weighted by Crippen LogP contribution is -2.29. The van der Waals surface area contributed by atoms with E-state index in [1.165, 1.54) is 6.92 Å². The summed E-state index contributed by atoms with van der Waals surface area (Å²) in [6.45, 7) is 9.74. The Morgan fingerprint density at radius 2 is 2.00 bits per heavy atom. The lowest BCUT2D eigenvalue weighted by Gasteiger charge is -2.25. The van der Waals surface area contributed by atoms with E-state index in [4.69, 9.17) is 11.2 Å². The number of hydrogen-bond acceptors (Lipinski definition) is 2. The zero-order valence-corrected chi connectivity index (χ0v) is 10.5. The van der Waals surface area contributed by atoms with Crippen LogP contribution in [0.2, 0.25) is 0 Å². The van der Waals surface area contributed by atoms with Gasteiger partial charge in [0.2, 0.25) is 0 Å². The topological polar surface area (TPSA) is 26.3 Å². The molecule has 0 radical (unpaired) electrons. The van der Waals surface area contributed by atoms with Gasteiger partial charge in [-0.2, -0.15) is 0 Å². The van der Waals surface area contributed by atoms with E-state index in [1.807, 2.05) is 0 Å². The summed E-state index contributed by atoms with van der Waals surface area (Å²) >= 11 is 0. The highest BCUT2D eigenvalue weighted by Crippen LogP contribution is 2.23. The SMILES string of the molecule is C#C[C@@](C)(CC[C@H](C)C(C)C)OC(C)=O. The molecule has 2 nitrogen and oxygen atoms in total. The predicted octanol–water partition coefficient (Wildman–Crippen LogP) is 3.01. The maximum Gasteiger partial charge on any atom is 0.304 e. The first kappa shape index (κ1) is 14.0. The third-order valence-corrected chi connectivity index (χ3v) is 2.89. The Hall–Kier alpha value is -0.970. The van der Waals surface area contributed by atoms with Gasteiger partial charge in [0.1, 0.15) is 0 Å². The Balaban J connectivity index is 4.22. The van der Waals surface area contributed by atoms with Crippen molar-refractivity contribution < 1.29 is 9.53 Å². The van der Waals surface area contributed by atoms with Crippen LogP contribution < -0.4 is 0 Å². The molecule has 0 aromatic carbocycles. The van der Waals surface area contributed by atoms with Gasteiger partial charge in [-0.25, -0.2) is 0 Å². The van der Waals surface area contributed by atoms with Crippen LogP contribution in [0.5, 0.6) is 0 Å². The Morgan fingerprint density at radius 3 is 2.33 bits per heavy atom. The van der Waals surface area contributed by atoms with Crippen LogP contribution in [0, 0.1) is 24.2 Å². The molecule has 0 unspecified atom stereocenters.